The maximum Gasteiger partial charge on any atom is 0.251 e. The molecular formula is C17H19N5O2. The summed E-state index contributed by atoms with van der Waals surface area (Å²) in [5, 5.41) is 4.91. The maximum atomic E-state index is 12.3. The third kappa shape index (κ3) is 2.95. The van der Waals surface area contributed by atoms with Crippen LogP contribution < -0.4 is 10.7 Å². The molecule has 0 fully saturated rings. The van der Waals surface area contributed by atoms with E-state index in [1.807, 2.05) is 47.6 Å². The number of ether oxygens (including phenoxy) is 1. The highest BCUT2D eigenvalue weighted by molar-refractivity contribution is 5.95. The fraction of sp³-hybridized carbons (Fsp3) is 0.353. The average molecular weight is 325 g/mol. The van der Waals surface area contributed by atoms with Crippen LogP contribution in [0.3, 0.4) is 0 Å². The number of amidine groups is 1. The molecule has 4 rings (SSSR count). The first-order chi connectivity index (χ1) is 11.8. The number of benzene rings is 1. The van der Waals surface area contributed by atoms with E-state index in [1.54, 1.807) is 0 Å². The summed E-state index contributed by atoms with van der Waals surface area (Å²) in [5.41, 5.74) is 4.98. The van der Waals surface area contributed by atoms with E-state index in [4.69, 9.17) is 4.74 Å². The largest absolute Gasteiger partial charge is 0.378 e. The van der Waals surface area contributed by atoms with Gasteiger partial charge in [-0.05, 0) is 29.8 Å². The van der Waals surface area contributed by atoms with E-state index in [1.165, 1.54) is 0 Å². The number of nitrogens with one attached hydrogen (secondary N) is 2. The maximum absolute atomic E-state index is 12.3. The summed E-state index contributed by atoms with van der Waals surface area (Å²) in [7, 11) is 0. The molecule has 0 aromatic heterocycles. The summed E-state index contributed by atoms with van der Waals surface area (Å²) >= 11 is 0. The third-order valence-corrected chi connectivity index (χ3v) is 4.17. The van der Waals surface area contributed by atoms with Gasteiger partial charge in [-0.1, -0.05) is 12.1 Å². The average Bonchev–Trinajstić information content (AvgIpc) is 3.03. The van der Waals surface area contributed by atoms with Crippen molar-refractivity contribution in [3.8, 4) is 0 Å². The first kappa shape index (κ1) is 15.0. The molecular weight excluding hydrogens is 306 g/mol. The van der Waals surface area contributed by atoms with Crippen molar-refractivity contribution in [2.24, 2.45) is 9.98 Å². The molecule has 4 bridgehead atoms. The van der Waals surface area contributed by atoms with Crippen LogP contribution in [0.1, 0.15) is 22.0 Å². The highest BCUT2D eigenvalue weighted by Crippen LogP contribution is 2.28. The Morgan fingerprint density at radius 2 is 2.25 bits per heavy atom. The number of amides is 1. The lowest BCUT2D eigenvalue weighted by molar-refractivity contribution is 0.0920. The third-order valence-electron chi connectivity index (χ3n) is 4.17. The number of nitrogens with zero attached hydrogens (tertiary/aromatic N) is 3. The molecule has 0 spiro atoms. The van der Waals surface area contributed by atoms with Gasteiger partial charge in [0, 0.05) is 18.3 Å². The second-order valence-electron chi connectivity index (χ2n) is 5.80. The Balaban J connectivity index is 1.67. The van der Waals surface area contributed by atoms with Crippen LogP contribution in [0.5, 0.6) is 0 Å². The highest BCUT2D eigenvalue weighted by atomic mass is 16.5. The fourth-order valence-electron chi connectivity index (χ4n) is 2.97. The summed E-state index contributed by atoms with van der Waals surface area (Å²) < 4.78 is 5.49. The molecule has 0 saturated carbocycles. The zero-order valence-electron chi connectivity index (χ0n) is 13.2. The van der Waals surface area contributed by atoms with Gasteiger partial charge in [0.1, 0.15) is 12.0 Å². The fourth-order valence-corrected chi connectivity index (χ4v) is 2.97. The lowest BCUT2D eigenvalue weighted by Crippen LogP contribution is -2.48. The molecule has 1 amide bonds. The monoisotopic (exact) mass is 325 g/mol. The molecule has 3 heterocycles. The van der Waals surface area contributed by atoms with Gasteiger partial charge in [0.15, 0.2) is 0 Å². The van der Waals surface area contributed by atoms with E-state index in [0.717, 1.165) is 11.4 Å². The highest BCUT2D eigenvalue weighted by Gasteiger charge is 2.32. The van der Waals surface area contributed by atoms with Crippen LogP contribution in [0.15, 0.2) is 46.4 Å². The Labute approximate surface area is 140 Å². The summed E-state index contributed by atoms with van der Waals surface area (Å²) in [6.07, 6.45) is 5.81. The van der Waals surface area contributed by atoms with E-state index in [-0.39, 0.29) is 18.1 Å². The second-order valence-corrected chi connectivity index (χ2v) is 5.80. The first-order valence-electron chi connectivity index (χ1n) is 8.08. The van der Waals surface area contributed by atoms with Crippen LogP contribution in [0.2, 0.25) is 0 Å². The van der Waals surface area contributed by atoms with Gasteiger partial charge in [-0.3, -0.25) is 14.8 Å². The van der Waals surface area contributed by atoms with Crippen LogP contribution in [0.4, 0.5) is 0 Å². The smallest absolute Gasteiger partial charge is 0.251 e. The van der Waals surface area contributed by atoms with Crippen LogP contribution in [0, 0.1) is 0 Å². The SMILES string of the molecule is O=C1NCCOCCN=C2C=CC3N=CC(c4cccc1c4)N3N2. The molecule has 0 saturated heterocycles. The predicted octanol–water partition coefficient (Wildman–Crippen LogP) is 0.673. The Kier molecular flexibility index (Phi) is 4.10. The molecule has 7 heteroatoms. The molecule has 3 aliphatic heterocycles. The van der Waals surface area contributed by atoms with Gasteiger partial charge in [-0.2, -0.15) is 5.01 Å². The van der Waals surface area contributed by atoms with Gasteiger partial charge < -0.3 is 15.5 Å². The first-order valence-corrected chi connectivity index (χ1v) is 8.08. The van der Waals surface area contributed by atoms with E-state index in [9.17, 15) is 4.79 Å². The van der Waals surface area contributed by atoms with E-state index >= 15 is 0 Å². The lowest BCUT2D eigenvalue weighted by atomic mass is 10.0. The molecule has 24 heavy (non-hydrogen) atoms. The van der Waals surface area contributed by atoms with Crippen molar-refractivity contribution in [1.82, 2.24) is 15.8 Å². The summed E-state index contributed by atoms with van der Waals surface area (Å²) in [6.45, 7) is 2.05. The summed E-state index contributed by atoms with van der Waals surface area (Å²) in [6, 6.07) is 7.59. The minimum Gasteiger partial charge on any atom is -0.378 e. The van der Waals surface area contributed by atoms with Gasteiger partial charge in [-0.25, -0.2) is 0 Å². The summed E-state index contributed by atoms with van der Waals surface area (Å²) in [5.74, 6) is 0.704. The van der Waals surface area contributed by atoms with Gasteiger partial charge >= 0.3 is 0 Å². The van der Waals surface area contributed by atoms with Crippen LogP contribution in [-0.4, -0.2) is 55.4 Å². The van der Waals surface area contributed by atoms with Crippen molar-refractivity contribution >= 4 is 18.0 Å². The zero-order chi connectivity index (χ0) is 16.4. The van der Waals surface area contributed by atoms with Gasteiger partial charge in [0.05, 0.1) is 25.8 Å². The predicted molar refractivity (Wildman–Crippen MR) is 91.0 cm³/mol. The molecule has 2 atom stereocenters. The normalized spacial score (nSPS) is 26.8. The van der Waals surface area contributed by atoms with Crippen LogP contribution >= 0.6 is 0 Å². The topological polar surface area (TPSA) is 78.3 Å². The minimum atomic E-state index is -0.0924. The molecule has 0 aliphatic carbocycles. The quantitative estimate of drug-likeness (QED) is 0.735. The lowest BCUT2D eigenvalue weighted by Gasteiger charge is -2.31. The molecule has 1 aromatic rings. The number of carbonyl (C=O) groups is 1. The van der Waals surface area contributed by atoms with Crippen molar-refractivity contribution in [2.75, 3.05) is 26.3 Å². The molecule has 124 valence electrons. The van der Waals surface area contributed by atoms with E-state index in [0.29, 0.717) is 31.9 Å². The van der Waals surface area contributed by atoms with Crippen LogP contribution in [-0.2, 0) is 4.74 Å². The number of carbonyl (C=O) groups excluding carboxylic acids is 1. The van der Waals surface area contributed by atoms with Crippen molar-refractivity contribution in [3.05, 3.63) is 47.5 Å². The number of aliphatic imine (C=N–C) groups is 2. The summed E-state index contributed by atoms with van der Waals surface area (Å²) in [4.78, 5) is 21.3. The molecule has 1 aromatic carbocycles. The minimum absolute atomic E-state index is 0.0423. The second kappa shape index (κ2) is 6.54. The van der Waals surface area contributed by atoms with E-state index in [2.05, 4.69) is 20.7 Å². The Bertz CT molecular complexity index is 727. The number of hydrazine groups is 1. The molecule has 7 nitrogen and oxygen atoms in total. The van der Waals surface area contributed by atoms with Gasteiger partial charge in [0.2, 0.25) is 0 Å². The number of fused-ring (bicyclic) bond motifs is 4. The standard InChI is InChI=1S/C17H19N5O2/c23-17-13-3-1-2-12(10-13)14-11-20-16-5-4-15(21-22(14)16)18-6-8-24-9-7-19-17/h1-5,10-11,14,16H,6-9H2,(H,18,21)(H,19,23). The van der Waals surface area contributed by atoms with Crippen LogP contribution in [0.25, 0.3) is 0 Å². The molecule has 2 N–H and O–H groups in total. The Hall–Kier alpha value is -2.51. The van der Waals surface area contributed by atoms with Crippen molar-refractivity contribution in [1.29, 1.82) is 0 Å². The number of hydrogen-bond acceptors (Lipinski definition) is 6. The zero-order valence-corrected chi connectivity index (χ0v) is 13.2. The van der Waals surface area contributed by atoms with Crippen molar-refractivity contribution in [3.63, 3.8) is 0 Å². The Morgan fingerprint density at radius 1 is 1.29 bits per heavy atom. The van der Waals surface area contributed by atoms with Gasteiger partial charge in [0.25, 0.3) is 5.91 Å². The number of rotatable bonds is 0. The van der Waals surface area contributed by atoms with Crippen molar-refractivity contribution in [2.45, 2.75) is 12.2 Å². The van der Waals surface area contributed by atoms with E-state index < -0.39 is 0 Å². The van der Waals surface area contributed by atoms with Gasteiger partial charge in [-0.15, -0.1) is 0 Å². The molecule has 0 radical (unpaired) electrons. The number of hydrogen-bond donors (Lipinski definition) is 2. The van der Waals surface area contributed by atoms with Crippen molar-refractivity contribution < 1.29 is 9.53 Å². The molecule has 3 aliphatic rings. The Morgan fingerprint density at radius 3 is 3.21 bits per heavy atom. The molecule has 2 unspecified atom stereocenters.